The first-order valence-corrected chi connectivity index (χ1v) is 17.2. The third-order valence-electron chi connectivity index (χ3n) is 7.55. The Morgan fingerprint density at radius 1 is 0.933 bits per heavy atom. The van der Waals surface area contributed by atoms with E-state index in [1.165, 1.54) is 4.31 Å². The van der Waals surface area contributed by atoms with E-state index in [4.69, 9.17) is 14.2 Å². The van der Waals surface area contributed by atoms with Crippen molar-refractivity contribution in [1.29, 1.82) is 0 Å². The van der Waals surface area contributed by atoms with Gasteiger partial charge in [-0.3, -0.25) is 13.9 Å². The lowest BCUT2D eigenvalue weighted by atomic mass is 10.0. The molecule has 0 radical (unpaired) electrons. The van der Waals surface area contributed by atoms with Crippen molar-refractivity contribution in [3.8, 4) is 17.2 Å². The first-order chi connectivity index (χ1) is 21.7. The summed E-state index contributed by atoms with van der Waals surface area (Å²) in [5.41, 5.74) is 2.18. The first kappa shape index (κ1) is 33.6. The van der Waals surface area contributed by atoms with Crippen LogP contribution in [0.2, 0.25) is 0 Å². The number of hydrogen-bond donors (Lipinski definition) is 1. The van der Waals surface area contributed by atoms with Gasteiger partial charge in [-0.05, 0) is 48.2 Å². The van der Waals surface area contributed by atoms with Gasteiger partial charge in [0.1, 0.15) is 25.0 Å². The van der Waals surface area contributed by atoms with Gasteiger partial charge in [-0.1, -0.05) is 55.8 Å². The topological polar surface area (TPSA) is 114 Å². The molecule has 0 aliphatic carbocycles. The minimum atomic E-state index is -3.67. The lowest BCUT2D eigenvalue weighted by molar-refractivity contribution is -0.141. The van der Waals surface area contributed by atoms with Crippen LogP contribution in [0.25, 0.3) is 0 Å². The summed E-state index contributed by atoms with van der Waals surface area (Å²) in [6.45, 7) is 3.63. The van der Waals surface area contributed by atoms with Gasteiger partial charge in [-0.15, -0.1) is 0 Å². The van der Waals surface area contributed by atoms with Gasteiger partial charge in [0, 0.05) is 38.5 Å². The molecule has 1 heterocycles. The molecule has 1 aliphatic heterocycles. The highest BCUT2D eigenvalue weighted by atomic mass is 32.2. The Hall–Kier alpha value is -4.25. The summed E-state index contributed by atoms with van der Waals surface area (Å²) in [6, 6.07) is 21.3. The molecular formula is C34H43N3O7S. The van der Waals surface area contributed by atoms with Crippen molar-refractivity contribution in [3.05, 3.63) is 83.9 Å². The summed E-state index contributed by atoms with van der Waals surface area (Å²) in [4.78, 5) is 29.3. The number of ether oxygens (including phenoxy) is 3. The molecule has 0 saturated carbocycles. The number of hydrogen-bond acceptors (Lipinski definition) is 7. The highest BCUT2D eigenvalue weighted by Gasteiger charge is 2.30. The highest BCUT2D eigenvalue weighted by Crippen LogP contribution is 2.35. The smallest absolute Gasteiger partial charge is 0.243 e. The number of amides is 2. The minimum Gasteiger partial charge on any atom is -0.497 e. The molecule has 0 spiro atoms. The summed E-state index contributed by atoms with van der Waals surface area (Å²) >= 11 is 0. The largest absolute Gasteiger partial charge is 0.497 e. The maximum absolute atomic E-state index is 14.0. The van der Waals surface area contributed by atoms with Crippen molar-refractivity contribution < 1.29 is 32.2 Å². The summed E-state index contributed by atoms with van der Waals surface area (Å²) in [5, 5.41) is 3.02. The van der Waals surface area contributed by atoms with Crippen LogP contribution in [-0.2, 0) is 32.6 Å². The SMILES string of the molecule is CCCCNC(=O)[C@H](Cc1ccccc1)N(Cc1cccc(OC)c1)C(=O)CCCN(c1ccc2c(c1)OCCO2)S(C)(=O)=O. The standard InChI is InChI=1S/C34H43N3O7S/c1-4-5-18-35-34(39)30(23-26-11-7-6-8-12-26)36(25-27-13-9-14-29(22-27)42-2)33(38)15-10-19-37(45(3,40)41)28-16-17-31-32(24-28)44-21-20-43-31/h6-9,11-14,16-17,22,24,30H,4-5,10,15,18-21,23,25H2,1-3H3,(H,35,39)/t30-/m0/s1. The van der Waals surface area contributed by atoms with Crippen molar-refractivity contribution in [2.24, 2.45) is 0 Å². The zero-order valence-corrected chi connectivity index (χ0v) is 27.1. The zero-order chi connectivity index (χ0) is 32.2. The van der Waals surface area contributed by atoms with Gasteiger partial charge in [-0.25, -0.2) is 8.42 Å². The average molecular weight is 638 g/mol. The molecule has 1 atom stereocenters. The fraction of sp³-hybridized carbons (Fsp3) is 0.412. The van der Waals surface area contributed by atoms with E-state index >= 15 is 0 Å². The Balaban J connectivity index is 1.58. The molecule has 4 rings (SSSR count). The van der Waals surface area contributed by atoms with Gasteiger partial charge in [0.05, 0.1) is 19.1 Å². The summed E-state index contributed by atoms with van der Waals surface area (Å²) < 4.78 is 43.6. The molecule has 3 aromatic carbocycles. The van der Waals surface area contributed by atoms with E-state index in [1.54, 1.807) is 30.2 Å². The molecule has 3 aromatic rings. The number of nitrogens with one attached hydrogen (secondary N) is 1. The molecular weight excluding hydrogens is 594 g/mol. The molecule has 10 nitrogen and oxygen atoms in total. The molecule has 0 unspecified atom stereocenters. The maximum atomic E-state index is 14.0. The van der Waals surface area contributed by atoms with Crippen LogP contribution in [0.1, 0.15) is 43.7 Å². The zero-order valence-electron chi connectivity index (χ0n) is 26.2. The fourth-order valence-electron chi connectivity index (χ4n) is 5.22. The van der Waals surface area contributed by atoms with Gasteiger partial charge < -0.3 is 24.4 Å². The molecule has 0 aromatic heterocycles. The second-order valence-electron chi connectivity index (χ2n) is 11.0. The summed E-state index contributed by atoms with van der Waals surface area (Å²) in [7, 11) is -2.09. The number of anilines is 1. The van der Waals surface area contributed by atoms with Gasteiger partial charge >= 0.3 is 0 Å². The van der Waals surface area contributed by atoms with Crippen molar-refractivity contribution in [2.75, 3.05) is 44.0 Å². The van der Waals surface area contributed by atoms with E-state index in [1.807, 2.05) is 54.6 Å². The summed E-state index contributed by atoms with van der Waals surface area (Å²) in [6.07, 6.45) is 3.50. The molecule has 2 amide bonds. The Morgan fingerprint density at radius 2 is 1.67 bits per heavy atom. The molecule has 0 bridgehead atoms. The van der Waals surface area contributed by atoms with Crippen LogP contribution >= 0.6 is 0 Å². The number of fused-ring (bicyclic) bond motifs is 1. The van der Waals surface area contributed by atoms with E-state index < -0.39 is 16.1 Å². The molecule has 1 aliphatic rings. The Morgan fingerprint density at radius 3 is 2.38 bits per heavy atom. The summed E-state index contributed by atoms with van der Waals surface area (Å²) in [5.74, 6) is 1.21. The predicted molar refractivity (Wildman–Crippen MR) is 174 cm³/mol. The van der Waals surface area contributed by atoms with Crippen molar-refractivity contribution in [1.82, 2.24) is 10.2 Å². The predicted octanol–water partition coefficient (Wildman–Crippen LogP) is 4.57. The van der Waals surface area contributed by atoms with Gasteiger partial charge in [0.15, 0.2) is 11.5 Å². The maximum Gasteiger partial charge on any atom is 0.243 e. The van der Waals surface area contributed by atoms with Crippen LogP contribution in [0, 0.1) is 0 Å². The third-order valence-corrected chi connectivity index (χ3v) is 8.75. The Kier molecular flexibility index (Phi) is 12.1. The van der Waals surface area contributed by atoms with E-state index in [-0.39, 0.29) is 37.7 Å². The normalized spacial score (nSPS) is 13.0. The van der Waals surface area contributed by atoms with Gasteiger partial charge in [0.2, 0.25) is 21.8 Å². The van der Waals surface area contributed by atoms with Crippen molar-refractivity contribution in [2.45, 2.75) is 51.6 Å². The number of benzene rings is 3. The quantitative estimate of drug-likeness (QED) is 0.229. The fourth-order valence-corrected chi connectivity index (χ4v) is 6.18. The number of rotatable bonds is 16. The average Bonchev–Trinajstić information content (AvgIpc) is 3.04. The number of unbranched alkanes of at least 4 members (excludes halogenated alkanes) is 1. The van der Waals surface area contributed by atoms with Crippen LogP contribution in [-0.4, -0.2) is 70.8 Å². The van der Waals surface area contributed by atoms with Crippen LogP contribution in [0.3, 0.4) is 0 Å². The van der Waals surface area contributed by atoms with Crippen LogP contribution < -0.4 is 23.8 Å². The molecule has 0 fully saturated rings. The van der Waals surface area contributed by atoms with E-state index in [9.17, 15) is 18.0 Å². The first-order valence-electron chi connectivity index (χ1n) is 15.3. The number of sulfonamides is 1. The highest BCUT2D eigenvalue weighted by molar-refractivity contribution is 7.92. The van der Waals surface area contributed by atoms with Crippen LogP contribution in [0.4, 0.5) is 5.69 Å². The van der Waals surface area contributed by atoms with Crippen LogP contribution in [0.15, 0.2) is 72.8 Å². The molecule has 242 valence electrons. The Labute approximate surface area is 266 Å². The third kappa shape index (κ3) is 9.62. The van der Waals surface area contributed by atoms with Gasteiger partial charge in [0.25, 0.3) is 0 Å². The number of carbonyl (C=O) groups is 2. The monoisotopic (exact) mass is 637 g/mol. The van der Waals surface area contributed by atoms with Crippen LogP contribution in [0.5, 0.6) is 17.2 Å². The lowest BCUT2D eigenvalue weighted by Gasteiger charge is -2.32. The van der Waals surface area contributed by atoms with Gasteiger partial charge in [-0.2, -0.15) is 0 Å². The molecule has 0 saturated heterocycles. The number of methoxy groups -OCH3 is 1. The molecule has 11 heteroatoms. The molecule has 45 heavy (non-hydrogen) atoms. The molecule has 1 N–H and O–H groups in total. The second kappa shape index (κ2) is 16.2. The van der Waals surface area contributed by atoms with E-state index in [0.29, 0.717) is 49.1 Å². The Bertz CT molecular complexity index is 1530. The van der Waals surface area contributed by atoms with Crippen molar-refractivity contribution in [3.63, 3.8) is 0 Å². The van der Waals surface area contributed by atoms with Crippen molar-refractivity contribution >= 4 is 27.5 Å². The number of carbonyl (C=O) groups excluding carboxylic acids is 2. The van der Waals surface area contributed by atoms with E-state index in [0.717, 1.165) is 30.2 Å². The minimum absolute atomic E-state index is 0.0358. The van der Waals surface area contributed by atoms with E-state index in [2.05, 4.69) is 12.2 Å². The number of nitrogens with zero attached hydrogens (tertiary/aromatic N) is 2. The lowest BCUT2D eigenvalue weighted by Crippen LogP contribution is -2.50. The second-order valence-corrected chi connectivity index (χ2v) is 12.9.